The Morgan fingerprint density at radius 3 is 2.12 bits per heavy atom. The number of rotatable bonds is 2. The largest absolute Gasteiger partial charge is 0.480 e. The van der Waals surface area contributed by atoms with E-state index in [0.717, 1.165) is 11.1 Å². The van der Waals surface area contributed by atoms with Crippen LogP contribution in [0, 0.1) is 0 Å². The highest BCUT2D eigenvalue weighted by molar-refractivity contribution is 6.30. The highest BCUT2D eigenvalue weighted by Crippen LogP contribution is 2.39. The van der Waals surface area contributed by atoms with Crippen LogP contribution in [-0.4, -0.2) is 5.78 Å². The van der Waals surface area contributed by atoms with E-state index in [2.05, 4.69) is 0 Å². The van der Waals surface area contributed by atoms with Gasteiger partial charge >= 0.3 is 0 Å². The van der Waals surface area contributed by atoms with Gasteiger partial charge in [0.1, 0.15) is 5.75 Å². The van der Waals surface area contributed by atoms with E-state index in [1.165, 1.54) is 0 Å². The van der Waals surface area contributed by atoms with Gasteiger partial charge in [-0.1, -0.05) is 59.6 Å². The van der Waals surface area contributed by atoms with Gasteiger partial charge in [0.2, 0.25) is 0 Å². The number of Topliss-reactive ketones (excluding diaryl/α,β-unsaturated/α-hetero) is 1. The second kappa shape index (κ2) is 6.99. The minimum atomic E-state index is -0.495. The SMILES string of the molecule is O=C1/C(=C/c2ccc(Cl)cc2)C(c2ccc(Cl)cc2)Oc2ccccc21. The molecule has 1 aliphatic rings. The van der Waals surface area contributed by atoms with Gasteiger partial charge < -0.3 is 4.74 Å². The minimum Gasteiger partial charge on any atom is -0.480 e. The molecule has 128 valence electrons. The van der Waals surface area contributed by atoms with E-state index >= 15 is 0 Å². The normalized spacial score (nSPS) is 17.7. The van der Waals surface area contributed by atoms with Crippen LogP contribution < -0.4 is 4.74 Å². The van der Waals surface area contributed by atoms with E-state index in [0.29, 0.717) is 26.9 Å². The molecule has 0 amide bonds. The minimum absolute atomic E-state index is 0.0400. The van der Waals surface area contributed by atoms with Crippen LogP contribution in [0.25, 0.3) is 6.08 Å². The lowest BCUT2D eigenvalue weighted by Crippen LogP contribution is -2.23. The zero-order valence-corrected chi connectivity index (χ0v) is 15.2. The average Bonchev–Trinajstić information content (AvgIpc) is 2.66. The third-order valence-corrected chi connectivity index (χ3v) is 4.79. The molecule has 0 saturated carbocycles. The van der Waals surface area contributed by atoms with E-state index < -0.39 is 6.10 Å². The van der Waals surface area contributed by atoms with Crippen LogP contribution in [0.1, 0.15) is 27.6 Å². The van der Waals surface area contributed by atoms with Crippen LogP contribution in [0.2, 0.25) is 10.0 Å². The Bertz CT molecular complexity index is 989. The molecule has 0 N–H and O–H groups in total. The molecular formula is C22H14Cl2O2. The van der Waals surface area contributed by atoms with Crippen molar-refractivity contribution in [2.75, 3.05) is 0 Å². The Hall–Kier alpha value is -2.55. The number of para-hydroxylation sites is 1. The molecular weight excluding hydrogens is 367 g/mol. The fraction of sp³-hybridized carbons (Fsp3) is 0.0455. The van der Waals surface area contributed by atoms with Gasteiger partial charge in [0.25, 0.3) is 0 Å². The van der Waals surface area contributed by atoms with Crippen molar-refractivity contribution in [1.82, 2.24) is 0 Å². The summed E-state index contributed by atoms with van der Waals surface area (Å²) < 4.78 is 6.18. The lowest BCUT2D eigenvalue weighted by molar-refractivity contribution is 0.0963. The number of fused-ring (bicyclic) bond motifs is 1. The fourth-order valence-corrected chi connectivity index (χ4v) is 3.24. The number of ketones is 1. The van der Waals surface area contributed by atoms with Gasteiger partial charge in [0, 0.05) is 15.6 Å². The van der Waals surface area contributed by atoms with Gasteiger partial charge in [-0.25, -0.2) is 0 Å². The first-order valence-corrected chi connectivity index (χ1v) is 8.90. The third kappa shape index (κ3) is 3.26. The van der Waals surface area contributed by atoms with Crippen molar-refractivity contribution < 1.29 is 9.53 Å². The van der Waals surface area contributed by atoms with Crippen LogP contribution >= 0.6 is 23.2 Å². The Morgan fingerprint density at radius 1 is 0.808 bits per heavy atom. The van der Waals surface area contributed by atoms with E-state index in [9.17, 15) is 4.79 Å². The lowest BCUT2D eigenvalue weighted by Gasteiger charge is -2.28. The lowest BCUT2D eigenvalue weighted by atomic mass is 9.89. The zero-order chi connectivity index (χ0) is 18.1. The number of halogens is 2. The molecule has 1 aliphatic heterocycles. The first-order valence-electron chi connectivity index (χ1n) is 8.15. The summed E-state index contributed by atoms with van der Waals surface area (Å²) in [4.78, 5) is 13.1. The summed E-state index contributed by atoms with van der Waals surface area (Å²) >= 11 is 12.0. The van der Waals surface area contributed by atoms with Gasteiger partial charge in [-0.05, 0) is 53.6 Å². The summed E-state index contributed by atoms with van der Waals surface area (Å²) in [5.41, 5.74) is 2.91. The molecule has 3 aromatic rings. The summed E-state index contributed by atoms with van der Waals surface area (Å²) in [5.74, 6) is 0.549. The summed E-state index contributed by atoms with van der Waals surface area (Å²) in [5, 5.41) is 1.29. The molecule has 0 bridgehead atoms. The van der Waals surface area contributed by atoms with Gasteiger partial charge in [0.15, 0.2) is 11.9 Å². The monoisotopic (exact) mass is 380 g/mol. The maximum absolute atomic E-state index is 13.1. The Balaban J connectivity index is 1.84. The van der Waals surface area contributed by atoms with E-state index in [-0.39, 0.29) is 5.78 Å². The van der Waals surface area contributed by atoms with Gasteiger partial charge in [-0.15, -0.1) is 0 Å². The van der Waals surface area contributed by atoms with Crippen LogP contribution in [0.4, 0.5) is 0 Å². The summed E-state index contributed by atoms with van der Waals surface area (Å²) in [6.07, 6.45) is 1.36. The summed E-state index contributed by atoms with van der Waals surface area (Å²) in [6.45, 7) is 0. The first-order chi connectivity index (χ1) is 12.6. The van der Waals surface area contributed by atoms with Crippen molar-refractivity contribution in [3.8, 4) is 5.75 Å². The topological polar surface area (TPSA) is 26.3 Å². The number of hydrogen-bond donors (Lipinski definition) is 0. The first kappa shape index (κ1) is 16.9. The van der Waals surface area contributed by atoms with Crippen LogP contribution in [0.3, 0.4) is 0 Å². The predicted molar refractivity (Wildman–Crippen MR) is 105 cm³/mol. The Kier molecular flexibility index (Phi) is 4.54. The quantitative estimate of drug-likeness (QED) is 0.481. The highest BCUT2D eigenvalue weighted by Gasteiger charge is 2.32. The van der Waals surface area contributed by atoms with Gasteiger partial charge in [-0.3, -0.25) is 4.79 Å². The molecule has 0 fully saturated rings. The van der Waals surface area contributed by atoms with E-state index in [1.807, 2.05) is 48.5 Å². The number of benzene rings is 3. The molecule has 0 aliphatic carbocycles. The standard InChI is InChI=1S/C22H14Cl2O2/c23-16-9-5-14(6-10-16)13-19-21(25)18-3-1-2-4-20(18)26-22(19)15-7-11-17(24)12-8-15/h1-13,22H/b19-13-. The van der Waals surface area contributed by atoms with E-state index in [4.69, 9.17) is 27.9 Å². The third-order valence-electron chi connectivity index (χ3n) is 4.29. The maximum atomic E-state index is 13.1. The zero-order valence-electron chi connectivity index (χ0n) is 13.7. The summed E-state index contributed by atoms with van der Waals surface area (Å²) in [6, 6.07) is 22.0. The maximum Gasteiger partial charge on any atom is 0.196 e. The fourth-order valence-electron chi connectivity index (χ4n) is 2.99. The molecule has 0 radical (unpaired) electrons. The molecule has 1 atom stereocenters. The van der Waals surface area contributed by atoms with Crippen molar-refractivity contribution in [2.45, 2.75) is 6.10 Å². The molecule has 1 unspecified atom stereocenters. The van der Waals surface area contributed by atoms with Crippen molar-refractivity contribution in [3.63, 3.8) is 0 Å². The molecule has 26 heavy (non-hydrogen) atoms. The van der Waals surface area contributed by atoms with Gasteiger partial charge in [-0.2, -0.15) is 0 Å². The smallest absolute Gasteiger partial charge is 0.196 e. The number of carbonyl (C=O) groups excluding carboxylic acids is 1. The Labute approximate surface area is 161 Å². The van der Waals surface area contributed by atoms with E-state index in [1.54, 1.807) is 30.3 Å². The molecule has 0 saturated heterocycles. The van der Waals surface area contributed by atoms with Crippen LogP contribution in [0.5, 0.6) is 5.75 Å². The second-order valence-electron chi connectivity index (χ2n) is 6.03. The predicted octanol–water partition coefficient (Wildman–Crippen LogP) is 6.39. The molecule has 3 aromatic carbocycles. The summed E-state index contributed by atoms with van der Waals surface area (Å²) in [7, 11) is 0. The molecule has 4 heteroatoms. The number of hydrogen-bond acceptors (Lipinski definition) is 2. The van der Waals surface area contributed by atoms with Crippen LogP contribution in [-0.2, 0) is 0 Å². The van der Waals surface area contributed by atoms with Crippen molar-refractivity contribution in [1.29, 1.82) is 0 Å². The van der Waals surface area contributed by atoms with Crippen molar-refractivity contribution in [3.05, 3.63) is 105 Å². The molecule has 4 rings (SSSR count). The highest BCUT2D eigenvalue weighted by atomic mass is 35.5. The Morgan fingerprint density at radius 2 is 1.42 bits per heavy atom. The van der Waals surface area contributed by atoms with Crippen LogP contribution in [0.15, 0.2) is 78.4 Å². The number of ether oxygens (including phenoxy) is 1. The average molecular weight is 381 g/mol. The number of carbonyl (C=O) groups is 1. The molecule has 0 spiro atoms. The molecule has 0 aromatic heterocycles. The second-order valence-corrected chi connectivity index (χ2v) is 6.90. The van der Waals surface area contributed by atoms with Crippen molar-refractivity contribution >= 4 is 35.1 Å². The molecule has 1 heterocycles. The van der Waals surface area contributed by atoms with Crippen molar-refractivity contribution in [2.24, 2.45) is 0 Å². The molecule has 2 nitrogen and oxygen atoms in total. The van der Waals surface area contributed by atoms with Gasteiger partial charge in [0.05, 0.1) is 5.56 Å².